The number of nitrogens with one attached hydrogen (secondary N) is 2. The lowest BCUT2D eigenvalue weighted by Gasteiger charge is -2.14. The Morgan fingerprint density at radius 3 is 2.95 bits per heavy atom. The van der Waals surface area contributed by atoms with Gasteiger partial charge in [0.15, 0.2) is 0 Å². The Kier molecular flexibility index (Phi) is 3.60. The van der Waals surface area contributed by atoms with E-state index in [1.807, 2.05) is 24.4 Å². The van der Waals surface area contributed by atoms with Gasteiger partial charge in [-0.1, -0.05) is 6.07 Å². The molecule has 0 bridgehead atoms. The molecule has 2 aromatic heterocycles. The Hall–Kier alpha value is -2.74. The monoisotopic (exact) mass is 316 g/mol. The van der Waals surface area contributed by atoms with Crippen LogP contribution in [0.15, 0.2) is 40.8 Å². The second-order valence-electron chi connectivity index (χ2n) is 4.76. The van der Waals surface area contributed by atoms with Crippen molar-refractivity contribution in [3.63, 3.8) is 0 Å². The fraction of sp³-hybridized carbons (Fsp3) is 0.143. The number of aromatic amines is 1. The summed E-state index contributed by atoms with van der Waals surface area (Å²) in [7, 11) is 0. The SMILES string of the molecule is C[C@H](Nc1cc2nc[nH]c(=O)c2cc1[N+](=O)[O-])c1cccs1. The van der Waals surface area contributed by atoms with Crippen LogP contribution in [0.5, 0.6) is 0 Å². The van der Waals surface area contributed by atoms with Crippen molar-refractivity contribution in [3.05, 3.63) is 61.3 Å². The third kappa shape index (κ3) is 2.56. The first kappa shape index (κ1) is 14.2. The Bertz CT molecular complexity index is 889. The number of fused-ring (bicyclic) bond motifs is 1. The molecule has 22 heavy (non-hydrogen) atoms. The molecule has 0 spiro atoms. The Morgan fingerprint density at radius 2 is 2.27 bits per heavy atom. The number of thiophene rings is 1. The zero-order valence-corrected chi connectivity index (χ0v) is 12.4. The van der Waals surface area contributed by atoms with Crippen molar-refractivity contribution >= 4 is 33.6 Å². The van der Waals surface area contributed by atoms with Crippen molar-refractivity contribution in [1.82, 2.24) is 9.97 Å². The van der Waals surface area contributed by atoms with E-state index in [9.17, 15) is 14.9 Å². The van der Waals surface area contributed by atoms with Gasteiger partial charge in [0.05, 0.1) is 28.2 Å². The van der Waals surface area contributed by atoms with Gasteiger partial charge >= 0.3 is 0 Å². The van der Waals surface area contributed by atoms with Crippen molar-refractivity contribution in [2.24, 2.45) is 0 Å². The van der Waals surface area contributed by atoms with Crippen molar-refractivity contribution in [2.75, 3.05) is 5.32 Å². The van der Waals surface area contributed by atoms with E-state index in [0.29, 0.717) is 11.2 Å². The van der Waals surface area contributed by atoms with Crippen LogP contribution in [0.2, 0.25) is 0 Å². The molecular weight excluding hydrogens is 304 g/mol. The molecule has 0 fully saturated rings. The molecule has 2 N–H and O–H groups in total. The van der Waals surface area contributed by atoms with Gasteiger partial charge in [-0.25, -0.2) is 4.98 Å². The first-order chi connectivity index (χ1) is 10.6. The number of nitro benzene ring substituents is 1. The predicted molar refractivity (Wildman–Crippen MR) is 85.4 cm³/mol. The second-order valence-corrected chi connectivity index (χ2v) is 5.74. The minimum atomic E-state index is -0.505. The molecule has 0 saturated carbocycles. The first-order valence-electron chi connectivity index (χ1n) is 6.52. The Balaban J connectivity index is 2.09. The first-order valence-corrected chi connectivity index (χ1v) is 7.40. The molecule has 1 atom stereocenters. The largest absolute Gasteiger partial charge is 0.372 e. The van der Waals surface area contributed by atoms with Crippen LogP contribution in [0.1, 0.15) is 17.8 Å². The van der Waals surface area contributed by atoms with Crippen LogP contribution in [-0.4, -0.2) is 14.9 Å². The third-order valence-corrected chi connectivity index (χ3v) is 4.35. The van der Waals surface area contributed by atoms with Crippen molar-refractivity contribution in [3.8, 4) is 0 Å². The summed E-state index contributed by atoms with van der Waals surface area (Å²) in [4.78, 5) is 30.0. The van der Waals surface area contributed by atoms with Gasteiger partial charge in [0, 0.05) is 10.9 Å². The van der Waals surface area contributed by atoms with Gasteiger partial charge in [0.2, 0.25) is 0 Å². The highest BCUT2D eigenvalue weighted by Crippen LogP contribution is 2.31. The summed E-state index contributed by atoms with van der Waals surface area (Å²) in [6.45, 7) is 1.92. The lowest BCUT2D eigenvalue weighted by molar-refractivity contribution is -0.383. The van der Waals surface area contributed by atoms with Crippen LogP contribution in [0, 0.1) is 10.1 Å². The summed E-state index contributed by atoms with van der Waals surface area (Å²) in [5.41, 5.74) is 0.215. The molecule has 0 aliphatic carbocycles. The van der Waals surface area contributed by atoms with Gasteiger partial charge in [-0.05, 0) is 24.4 Å². The normalized spacial score (nSPS) is 12.2. The summed E-state index contributed by atoms with van der Waals surface area (Å²) >= 11 is 1.57. The van der Waals surface area contributed by atoms with Crippen molar-refractivity contribution in [1.29, 1.82) is 0 Å². The van der Waals surface area contributed by atoms with Gasteiger partial charge in [0.1, 0.15) is 5.69 Å². The molecule has 0 aliphatic heterocycles. The zero-order valence-electron chi connectivity index (χ0n) is 11.6. The number of H-pyrrole nitrogens is 1. The van der Waals surface area contributed by atoms with Crippen LogP contribution in [0.4, 0.5) is 11.4 Å². The van der Waals surface area contributed by atoms with Gasteiger partial charge < -0.3 is 10.3 Å². The number of nitro groups is 1. The topological polar surface area (TPSA) is 101 Å². The smallest absolute Gasteiger partial charge is 0.293 e. The van der Waals surface area contributed by atoms with Crippen molar-refractivity contribution < 1.29 is 4.92 Å². The fourth-order valence-electron chi connectivity index (χ4n) is 2.21. The minimum Gasteiger partial charge on any atom is -0.372 e. The molecule has 0 radical (unpaired) electrons. The molecule has 112 valence electrons. The maximum absolute atomic E-state index is 11.7. The van der Waals surface area contributed by atoms with E-state index >= 15 is 0 Å². The van der Waals surface area contributed by atoms with E-state index in [-0.39, 0.29) is 17.1 Å². The second kappa shape index (κ2) is 5.57. The van der Waals surface area contributed by atoms with Crippen LogP contribution >= 0.6 is 11.3 Å². The highest BCUT2D eigenvalue weighted by Gasteiger charge is 2.19. The standard InChI is InChI=1S/C14H12N4O3S/c1-8(13-3-2-4-22-13)17-11-6-10-9(5-12(11)18(20)21)14(19)16-7-15-10/h2-8,17H,1H3,(H,15,16,19)/t8-/m0/s1. The molecule has 2 heterocycles. The minimum absolute atomic E-state index is 0.0850. The third-order valence-electron chi connectivity index (χ3n) is 3.30. The van der Waals surface area contributed by atoms with Crippen LogP contribution in [0.25, 0.3) is 10.9 Å². The summed E-state index contributed by atoms with van der Waals surface area (Å²) in [5.74, 6) is 0. The number of anilines is 1. The number of hydrogen-bond acceptors (Lipinski definition) is 6. The molecule has 3 rings (SSSR count). The van der Waals surface area contributed by atoms with Crippen LogP contribution < -0.4 is 10.9 Å². The van der Waals surface area contributed by atoms with Gasteiger partial charge in [-0.2, -0.15) is 0 Å². The van der Waals surface area contributed by atoms with E-state index in [0.717, 1.165) is 4.88 Å². The quantitative estimate of drug-likeness (QED) is 0.569. The predicted octanol–water partition coefficient (Wildman–Crippen LogP) is 3.07. The average Bonchev–Trinajstić information content (AvgIpc) is 3.01. The van der Waals surface area contributed by atoms with Gasteiger partial charge in [-0.3, -0.25) is 14.9 Å². The number of hydrogen-bond donors (Lipinski definition) is 2. The van der Waals surface area contributed by atoms with Gasteiger partial charge in [0.25, 0.3) is 11.2 Å². The molecule has 0 aliphatic rings. The van der Waals surface area contributed by atoms with E-state index in [4.69, 9.17) is 0 Å². The van der Waals surface area contributed by atoms with E-state index in [1.54, 1.807) is 11.3 Å². The molecule has 3 aromatic rings. The lowest BCUT2D eigenvalue weighted by atomic mass is 10.1. The summed E-state index contributed by atoms with van der Waals surface area (Å²) in [6.07, 6.45) is 1.28. The molecule has 1 aromatic carbocycles. The van der Waals surface area contributed by atoms with Gasteiger partial charge in [-0.15, -0.1) is 11.3 Å². The van der Waals surface area contributed by atoms with E-state index in [2.05, 4.69) is 15.3 Å². The zero-order chi connectivity index (χ0) is 15.7. The van der Waals surface area contributed by atoms with Crippen LogP contribution in [-0.2, 0) is 0 Å². The summed E-state index contributed by atoms with van der Waals surface area (Å²) in [5, 5.41) is 16.5. The molecule has 0 amide bonds. The van der Waals surface area contributed by atoms with Crippen LogP contribution in [0.3, 0.4) is 0 Å². The van der Waals surface area contributed by atoms with E-state index in [1.165, 1.54) is 18.5 Å². The molecule has 0 saturated heterocycles. The maximum Gasteiger partial charge on any atom is 0.293 e. The molecule has 8 heteroatoms. The Labute approximate surface area is 128 Å². The number of aromatic nitrogens is 2. The highest BCUT2D eigenvalue weighted by molar-refractivity contribution is 7.10. The fourth-order valence-corrected chi connectivity index (χ4v) is 2.95. The highest BCUT2D eigenvalue weighted by atomic mass is 32.1. The number of nitrogens with zero attached hydrogens (tertiary/aromatic N) is 2. The van der Waals surface area contributed by atoms with Crippen molar-refractivity contribution in [2.45, 2.75) is 13.0 Å². The summed E-state index contributed by atoms with van der Waals surface area (Å²) in [6, 6.07) is 6.59. The van der Waals surface area contributed by atoms with E-state index < -0.39 is 10.5 Å². The lowest BCUT2D eigenvalue weighted by Crippen LogP contribution is -2.10. The number of benzene rings is 1. The Morgan fingerprint density at radius 1 is 1.45 bits per heavy atom. The molecule has 7 nitrogen and oxygen atoms in total. The average molecular weight is 316 g/mol. The molecule has 0 unspecified atom stereocenters. The maximum atomic E-state index is 11.7. The summed E-state index contributed by atoms with van der Waals surface area (Å²) < 4.78 is 0. The number of rotatable bonds is 4. The molecular formula is C14H12N4O3S.